The minimum atomic E-state index is -0.750. The van der Waals surface area contributed by atoms with Gasteiger partial charge in [-0.25, -0.2) is 0 Å². The lowest BCUT2D eigenvalue weighted by Crippen LogP contribution is -2.36. The Hall–Kier alpha value is -3.02. The van der Waals surface area contributed by atoms with Crippen LogP contribution in [0.2, 0.25) is 0 Å². The van der Waals surface area contributed by atoms with Gasteiger partial charge >= 0.3 is 11.8 Å². The number of rotatable bonds is 5. The number of anilines is 1. The van der Waals surface area contributed by atoms with E-state index in [0.717, 1.165) is 11.3 Å². The quantitative estimate of drug-likeness (QED) is 0.827. The molecule has 0 aromatic heterocycles. The normalized spacial score (nSPS) is 11.3. The molecule has 0 saturated heterocycles. The molecule has 0 spiro atoms. The Labute approximate surface area is 140 Å². The lowest BCUT2D eigenvalue weighted by molar-refractivity contribution is -0.136. The molecule has 126 valence electrons. The summed E-state index contributed by atoms with van der Waals surface area (Å²) in [6.07, 6.45) is 0. The fourth-order valence-corrected chi connectivity index (χ4v) is 2.17. The van der Waals surface area contributed by atoms with Crippen LogP contribution < -0.4 is 20.1 Å². The van der Waals surface area contributed by atoms with Crippen molar-refractivity contribution >= 4 is 17.5 Å². The van der Waals surface area contributed by atoms with Crippen LogP contribution in [0, 0.1) is 0 Å². The van der Waals surface area contributed by atoms with Crippen LogP contribution in [0.15, 0.2) is 48.5 Å². The van der Waals surface area contributed by atoms with Gasteiger partial charge in [-0.15, -0.1) is 0 Å². The average molecular weight is 328 g/mol. The van der Waals surface area contributed by atoms with Crippen LogP contribution in [0.1, 0.15) is 18.5 Å². The number of carbonyl (C=O) groups excluding carboxylic acids is 2. The summed E-state index contributed by atoms with van der Waals surface area (Å²) in [5.41, 5.74) is 1.31. The number of para-hydroxylation sites is 2. The molecule has 0 aliphatic carbocycles. The van der Waals surface area contributed by atoms with Crippen LogP contribution in [0.5, 0.6) is 11.5 Å². The Morgan fingerprint density at radius 2 is 1.58 bits per heavy atom. The van der Waals surface area contributed by atoms with Crippen molar-refractivity contribution in [2.24, 2.45) is 0 Å². The molecule has 2 aromatic carbocycles. The van der Waals surface area contributed by atoms with E-state index in [1.807, 2.05) is 12.1 Å². The summed E-state index contributed by atoms with van der Waals surface area (Å²) in [5, 5.41) is 5.20. The fourth-order valence-electron chi connectivity index (χ4n) is 2.17. The van der Waals surface area contributed by atoms with Gasteiger partial charge in [0, 0.05) is 0 Å². The summed E-state index contributed by atoms with van der Waals surface area (Å²) in [4.78, 5) is 24.1. The van der Waals surface area contributed by atoms with Gasteiger partial charge in [-0.1, -0.05) is 24.3 Å². The predicted octanol–water partition coefficient (Wildman–Crippen LogP) is 2.52. The van der Waals surface area contributed by atoms with Crippen LogP contribution in [0.3, 0.4) is 0 Å². The largest absolute Gasteiger partial charge is 0.497 e. The van der Waals surface area contributed by atoms with Crippen LogP contribution in [0.25, 0.3) is 0 Å². The predicted molar refractivity (Wildman–Crippen MR) is 91.2 cm³/mol. The van der Waals surface area contributed by atoms with Crippen LogP contribution in [-0.2, 0) is 9.59 Å². The molecule has 1 unspecified atom stereocenters. The summed E-state index contributed by atoms with van der Waals surface area (Å²) in [5.74, 6) is -0.253. The van der Waals surface area contributed by atoms with Gasteiger partial charge in [-0.3, -0.25) is 9.59 Å². The summed E-state index contributed by atoms with van der Waals surface area (Å²) < 4.78 is 10.2. The van der Waals surface area contributed by atoms with Gasteiger partial charge in [0.1, 0.15) is 11.5 Å². The Morgan fingerprint density at radius 3 is 2.21 bits per heavy atom. The van der Waals surface area contributed by atoms with E-state index in [2.05, 4.69) is 10.6 Å². The monoisotopic (exact) mass is 328 g/mol. The Morgan fingerprint density at radius 1 is 0.917 bits per heavy atom. The molecule has 0 aliphatic rings. The van der Waals surface area contributed by atoms with Gasteiger partial charge in [0.05, 0.1) is 25.9 Å². The summed E-state index contributed by atoms with van der Waals surface area (Å²) >= 11 is 0. The topological polar surface area (TPSA) is 76.7 Å². The van der Waals surface area contributed by atoms with Crippen LogP contribution in [-0.4, -0.2) is 26.0 Å². The molecule has 1 atom stereocenters. The van der Waals surface area contributed by atoms with Crippen molar-refractivity contribution in [1.82, 2.24) is 5.32 Å². The van der Waals surface area contributed by atoms with Gasteiger partial charge in [-0.05, 0) is 36.8 Å². The Balaban J connectivity index is 1.98. The van der Waals surface area contributed by atoms with Gasteiger partial charge in [0.15, 0.2) is 0 Å². The number of carbonyl (C=O) groups is 2. The van der Waals surface area contributed by atoms with Crippen molar-refractivity contribution in [3.8, 4) is 11.5 Å². The first-order chi connectivity index (χ1) is 11.5. The maximum Gasteiger partial charge on any atom is 0.313 e. The molecule has 0 saturated carbocycles. The highest BCUT2D eigenvalue weighted by Gasteiger charge is 2.18. The molecular weight excluding hydrogens is 308 g/mol. The molecule has 0 heterocycles. The number of methoxy groups -OCH3 is 2. The number of ether oxygens (including phenoxy) is 2. The minimum Gasteiger partial charge on any atom is -0.497 e. The van der Waals surface area contributed by atoms with Gasteiger partial charge in [-0.2, -0.15) is 0 Å². The molecule has 2 amide bonds. The smallest absolute Gasteiger partial charge is 0.313 e. The molecule has 0 aliphatic heterocycles. The molecule has 2 N–H and O–H groups in total. The molecule has 0 radical (unpaired) electrons. The van der Waals surface area contributed by atoms with E-state index in [-0.39, 0.29) is 6.04 Å². The summed E-state index contributed by atoms with van der Waals surface area (Å²) in [6.45, 7) is 1.80. The molecular formula is C18H20N2O4. The number of hydrogen-bond donors (Lipinski definition) is 2. The highest BCUT2D eigenvalue weighted by molar-refractivity contribution is 6.39. The highest BCUT2D eigenvalue weighted by atomic mass is 16.5. The second-order valence-electron chi connectivity index (χ2n) is 5.12. The third kappa shape index (κ3) is 4.25. The molecule has 0 fully saturated rings. The van der Waals surface area contributed by atoms with Crippen molar-refractivity contribution in [2.75, 3.05) is 19.5 Å². The number of benzene rings is 2. The van der Waals surface area contributed by atoms with Crippen LogP contribution >= 0.6 is 0 Å². The van der Waals surface area contributed by atoms with Gasteiger partial charge in [0.25, 0.3) is 0 Å². The molecule has 24 heavy (non-hydrogen) atoms. The average Bonchev–Trinajstić information content (AvgIpc) is 2.62. The van der Waals surface area contributed by atoms with Crippen molar-refractivity contribution in [1.29, 1.82) is 0 Å². The maximum atomic E-state index is 12.1. The SMILES string of the molecule is COc1ccc(C(C)NC(=O)C(=O)Nc2ccccc2OC)cc1. The lowest BCUT2D eigenvalue weighted by atomic mass is 10.1. The van der Waals surface area contributed by atoms with Crippen molar-refractivity contribution < 1.29 is 19.1 Å². The van der Waals surface area contributed by atoms with E-state index >= 15 is 0 Å². The number of nitrogens with one attached hydrogen (secondary N) is 2. The van der Waals surface area contributed by atoms with Crippen molar-refractivity contribution in [3.05, 3.63) is 54.1 Å². The number of hydrogen-bond acceptors (Lipinski definition) is 4. The first-order valence-corrected chi connectivity index (χ1v) is 7.44. The molecule has 2 aromatic rings. The maximum absolute atomic E-state index is 12.1. The van der Waals surface area contributed by atoms with E-state index in [9.17, 15) is 9.59 Å². The van der Waals surface area contributed by atoms with E-state index < -0.39 is 11.8 Å². The Bertz CT molecular complexity index is 713. The lowest BCUT2D eigenvalue weighted by Gasteiger charge is -2.15. The zero-order valence-electron chi connectivity index (χ0n) is 13.8. The second-order valence-corrected chi connectivity index (χ2v) is 5.12. The van der Waals surface area contributed by atoms with Crippen LogP contribution in [0.4, 0.5) is 5.69 Å². The van der Waals surface area contributed by atoms with E-state index in [4.69, 9.17) is 9.47 Å². The van der Waals surface area contributed by atoms with Gasteiger partial charge in [0.2, 0.25) is 0 Å². The zero-order valence-corrected chi connectivity index (χ0v) is 13.8. The molecule has 0 bridgehead atoms. The standard InChI is InChI=1S/C18H20N2O4/c1-12(13-8-10-14(23-2)11-9-13)19-17(21)18(22)20-15-6-4-5-7-16(15)24-3/h4-12H,1-3H3,(H,19,21)(H,20,22). The molecule has 6 heteroatoms. The summed E-state index contributed by atoms with van der Waals surface area (Å²) in [6, 6.07) is 13.8. The minimum absolute atomic E-state index is 0.313. The highest BCUT2D eigenvalue weighted by Crippen LogP contribution is 2.23. The number of amides is 2. The molecule has 6 nitrogen and oxygen atoms in total. The first kappa shape index (κ1) is 17.3. The zero-order chi connectivity index (χ0) is 17.5. The van der Waals surface area contributed by atoms with Crippen molar-refractivity contribution in [2.45, 2.75) is 13.0 Å². The van der Waals surface area contributed by atoms with Crippen molar-refractivity contribution in [3.63, 3.8) is 0 Å². The van der Waals surface area contributed by atoms with E-state index in [1.54, 1.807) is 50.4 Å². The first-order valence-electron chi connectivity index (χ1n) is 7.44. The van der Waals surface area contributed by atoms with E-state index in [1.165, 1.54) is 7.11 Å². The third-order valence-electron chi connectivity index (χ3n) is 3.52. The fraction of sp³-hybridized carbons (Fsp3) is 0.222. The third-order valence-corrected chi connectivity index (χ3v) is 3.52. The molecule has 2 rings (SSSR count). The van der Waals surface area contributed by atoms with E-state index in [0.29, 0.717) is 11.4 Å². The Kier molecular flexibility index (Phi) is 5.78. The summed E-state index contributed by atoms with van der Waals surface area (Å²) in [7, 11) is 3.08. The second kappa shape index (κ2) is 8.01. The van der Waals surface area contributed by atoms with Gasteiger partial charge < -0.3 is 20.1 Å².